The van der Waals surface area contributed by atoms with Crippen LogP contribution in [0.4, 0.5) is 5.69 Å². The molecule has 0 aliphatic carbocycles. The molecule has 1 aliphatic rings. The van der Waals surface area contributed by atoms with Crippen LogP contribution in [0.15, 0.2) is 18.2 Å². The molecule has 1 aliphatic heterocycles. The molecular weight excluding hydrogens is 226 g/mol. The van der Waals surface area contributed by atoms with Crippen molar-refractivity contribution in [1.29, 1.82) is 5.26 Å². The van der Waals surface area contributed by atoms with E-state index < -0.39 is 0 Å². The fourth-order valence-electron chi connectivity index (χ4n) is 2.18. The van der Waals surface area contributed by atoms with Gasteiger partial charge in [-0.1, -0.05) is 0 Å². The van der Waals surface area contributed by atoms with Gasteiger partial charge in [0.1, 0.15) is 0 Å². The molecule has 94 valence electrons. The van der Waals surface area contributed by atoms with Gasteiger partial charge in [-0.15, -0.1) is 0 Å². The van der Waals surface area contributed by atoms with Crippen LogP contribution in [-0.4, -0.2) is 37.5 Å². The van der Waals surface area contributed by atoms with Gasteiger partial charge in [-0.05, 0) is 37.1 Å². The minimum absolute atomic E-state index is 0.148. The van der Waals surface area contributed by atoms with E-state index in [-0.39, 0.29) is 5.91 Å². The predicted molar refractivity (Wildman–Crippen MR) is 70.4 cm³/mol. The Morgan fingerprint density at radius 3 is 2.78 bits per heavy atom. The van der Waals surface area contributed by atoms with E-state index in [4.69, 9.17) is 5.26 Å². The van der Waals surface area contributed by atoms with E-state index in [1.54, 1.807) is 4.90 Å². The zero-order chi connectivity index (χ0) is 13.1. The smallest absolute Gasteiger partial charge is 0.241 e. The summed E-state index contributed by atoms with van der Waals surface area (Å²) >= 11 is 0. The van der Waals surface area contributed by atoms with Crippen molar-refractivity contribution in [2.24, 2.45) is 0 Å². The highest BCUT2D eigenvalue weighted by atomic mass is 16.2. The molecule has 1 aromatic rings. The van der Waals surface area contributed by atoms with Gasteiger partial charge in [0, 0.05) is 25.8 Å². The van der Waals surface area contributed by atoms with Crippen LogP contribution in [0.25, 0.3) is 0 Å². The van der Waals surface area contributed by atoms with Crippen LogP contribution in [0.5, 0.6) is 0 Å². The average molecular weight is 243 g/mol. The Morgan fingerprint density at radius 2 is 2.11 bits per heavy atom. The van der Waals surface area contributed by atoms with Gasteiger partial charge in [0.15, 0.2) is 0 Å². The van der Waals surface area contributed by atoms with Gasteiger partial charge in [-0.3, -0.25) is 4.79 Å². The lowest BCUT2D eigenvalue weighted by atomic mass is 10.1. The van der Waals surface area contributed by atoms with Gasteiger partial charge >= 0.3 is 0 Å². The number of nitrogens with zero attached hydrogens (tertiary/aromatic N) is 3. The summed E-state index contributed by atoms with van der Waals surface area (Å²) in [6, 6.07) is 7.89. The van der Waals surface area contributed by atoms with Crippen molar-refractivity contribution in [2.45, 2.75) is 13.3 Å². The summed E-state index contributed by atoms with van der Waals surface area (Å²) in [4.78, 5) is 15.7. The molecule has 1 fully saturated rings. The molecule has 0 aromatic heterocycles. The Labute approximate surface area is 107 Å². The van der Waals surface area contributed by atoms with Crippen LogP contribution in [0.1, 0.15) is 17.5 Å². The molecule has 0 radical (unpaired) electrons. The first-order chi connectivity index (χ1) is 8.61. The van der Waals surface area contributed by atoms with E-state index in [0.29, 0.717) is 12.1 Å². The normalized spacial score (nSPS) is 16.4. The van der Waals surface area contributed by atoms with Gasteiger partial charge in [0.25, 0.3) is 0 Å². The number of likely N-dealkylation sites (N-methyl/N-ethyl adjacent to an activating group) is 1. The van der Waals surface area contributed by atoms with Gasteiger partial charge in [-0.2, -0.15) is 5.26 Å². The molecule has 0 bridgehead atoms. The van der Waals surface area contributed by atoms with Crippen molar-refractivity contribution in [3.63, 3.8) is 0 Å². The minimum Gasteiger partial charge on any atom is -0.362 e. The first-order valence-corrected chi connectivity index (χ1v) is 6.11. The van der Waals surface area contributed by atoms with Crippen molar-refractivity contribution >= 4 is 11.6 Å². The molecule has 18 heavy (non-hydrogen) atoms. The Morgan fingerprint density at radius 1 is 1.33 bits per heavy atom. The first-order valence-electron chi connectivity index (χ1n) is 6.11. The summed E-state index contributed by atoms with van der Waals surface area (Å²) in [7, 11) is 1.84. The second-order valence-corrected chi connectivity index (χ2v) is 4.70. The van der Waals surface area contributed by atoms with E-state index in [2.05, 4.69) is 11.0 Å². The molecule has 0 atom stereocenters. The Hall–Kier alpha value is -2.02. The molecule has 2 rings (SSSR count). The fraction of sp³-hybridized carbons (Fsp3) is 0.429. The van der Waals surface area contributed by atoms with E-state index in [0.717, 1.165) is 30.8 Å². The maximum atomic E-state index is 11.8. The van der Waals surface area contributed by atoms with E-state index in [1.807, 2.05) is 32.2 Å². The van der Waals surface area contributed by atoms with Crippen molar-refractivity contribution in [1.82, 2.24) is 4.90 Å². The number of anilines is 1. The molecule has 1 amide bonds. The lowest BCUT2D eigenvalue weighted by Gasteiger charge is -2.22. The molecule has 0 N–H and O–H groups in total. The van der Waals surface area contributed by atoms with Crippen LogP contribution >= 0.6 is 0 Å². The number of carbonyl (C=O) groups excluding carboxylic acids is 1. The van der Waals surface area contributed by atoms with Gasteiger partial charge in [0.2, 0.25) is 5.91 Å². The molecule has 0 saturated carbocycles. The number of nitriles is 1. The lowest BCUT2D eigenvalue weighted by molar-refractivity contribution is -0.127. The maximum absolute atomic E-state index is 11.8. The van der Waals surface area contributed by atoms with Crippen molar-refractivity contribution in [3.8, 4) is 6.07 Å². The average Bonchev–Trinajstić information content (AvgIpc) is 2.52. The third kappa shape index (κ3) is 2.45. The zero-order valence-corrected chi connectivity index (χ0v) is 10.8. The lowest BCUT2D eigenvalue weighted by Crippen LogP contribution is -2.34. The maximum Gasteiger partial charge on any atom is 0.241 e. The SMILES string of the molecule is Cc1cc(N2CCCN(C)C(=O)C2)ccc1C#N. The topological polar surface area (TPSA) is 47.3 Å². The molecule has 1 saturated heterocycles. The summed E-state index contributed by atoms with van der Waals surface area (Å²) in [6.45, 7) is 4.03. The molecule has 1 heterocycles. The number of aryl methyl sites for hydroxylation is 1. The number of benzene rings is 1. The van der Waals surface area contributed by atoms with Crippen LogP contribution < -0.4 is 4.90 Å². The quantitative estimate of drug-likeness (QED) is 0.751. The van der Waals surface area contributed by atoms with Gasteiger partial charge < -0.3 is 9.80 Å². The standard InChI is InChI=1S/C14H17N3O/c1-11-8-13(5-4-12(11)9-15)17-7-3-6-16(2)14(18)10-17/h4-5,8H,3,6-7,10H2,1-2H3. The highest BCUT2D eigenvalue weighted by Gasteiger charge is 2.19. The largest absolute Gasteiger partial charge is 0.362 e. The van der Waals surface area contributed by atoms with Crippen molar-refractivity contribution in [2.75, 3.05) is 31.6 Å². The van der Waals surface area contributed by atoms with E-state index in [9.17, 15) is 4.79 Å². The van der Waals surface area contributed by atoms with Gasteiger partial charge in [-0.25, -0.2) is 0 Å². The van der Waals surface area contributed by atoms with E-state index >= 15 is 0 Å². The predicted octanol–water partition coefficient (Wildman–Crippen LogP) is 1.54. The highest BCUT2D eigenvalue weighted by Crippen LogP contribution is 2.20. The van der Waals surface area contributed by atoms with Crippen LogP contribution in [-0.2, 0) is 4.79 Å². The third-order valence-electron chi connectivity index (χ3n) is 3.37. The van der Waals surface area contributed by atoms with Crippen LogP contribution in [0.3, 0.4) is 0 Å². The number of carbonyl (C=O) groups is 1. The summed E-state index contributed by atoms with van der Waals surface area (Å²) in [5, 5.41) is 8.92. The number of hydrogen-bond donors (Lipinski definition) is 0. The first kappa shape index (κ1) is 12.4. The number of rotatable bonds is 1. The second-order valence-electron chi connectivity index (χ2n) is 4.70. The van der Waals surface area contributed by atoms with E-state index in [1.165, 1.54) is 0 Å². The fourth-order valence-corrected chi connectivity index (χ4v) is 2.18. The zero-order valence-electron chi connectivity index (χ0n) is 10.8. The summed E-state index contributed by atoms with van der Waals surface area (Å²) < 4.78 is 0. The van der Waals surface area contributed by atoms with Crippen LogP contribution in [0.2, 0.25) is 0 Å². The minimum atomic E-state index is 0.148. The number of amides is 1. The van der Waals surface area contributed by atoms with Crippen molar-refractivity contribution < 1.29 is 4.79 Å². The molecule has 1 aromatic carbocycles. The Bertz CT molecular complexity index is 504. The van der Waals surface area contributed by atoms with Gasteiger partial charge in [0.05, 0.1) is 18.2 Å². The Kier molecular flexibility index (Phi) is 3.52. The summed E-state index contributed by atoms with van der Waals surface area (Å²) in [5.74, 6) is 0.148. The monoisotopic (exact) mass is 243 g/mol. The molecule has 4 nitrogen and oxygen atoms in total. The summed E-state index contributed by atoms with van der Waals surface area (Å²) in [6.07, 6.45) is 0.974. The molecular formula is C14H17N3O. The highest BCUT2D eigenvalue weighted by molar-refractivity contribution is 5.81. The Balaban J connectivity index is 2.23. The van der Waals surface area contributed by atoms with Crippen LogP contribution in [0, 0.1) is 18.3 Å². The molecule has 0 spiro atoms. The second kappa shape index (κ2) is 5.09. The summed E-state index contributed by atoms with van der Waals surface area (Å²) in [5.41, 5.74) is 2.67. The molecule has 0 unspecified atom stereocenters. The number of hydrogen-bond acceptors (Lipinski definition) is 3. The third-order valence-corrected chi connectivity index (χ3v) is 3.37. The molecule has 4 heteroatoms. The van der Waals surface area contributed by atoms with Crippen molar-refractivity contribution in [3.05, 3.63) is 29.3 Å².